The topological polar surface area (TPSA) is 56.3 Å². The molecule has 0 N–H and O–H groups in total. The largest absolute Gasteiger partial charge is 0.478 e. The van der Waals surface area contributed by atoms with Crippen LogP contribution in [0.4, 0.5) is 4.39 Å². The van der Waals surface area contributed by atoms with Crippen molar-refractivity contribution in [3.05, 3.63) is 47.4 Å². The molecule has 1 unspecified atom stereocenters. The minimum absolute atomic E-state index is 0.0230. The van der Waals surface area contributed by atoms with E-state index in [-0.39, 0.29) is 5.56 Å². The monoisotopic (exact) mass is 335 g/mol. The number of benzene rings is 1. The predicted molar refractivity (Wildman–Crippen MR) is 88.8 cm³/mol. The summed E-state index contributed by atoms with van der Waals surface area (Å²) in [6, 6.07) is 7.95. The summed E-state index contributed by atoms with van der Waals surface area (Å²) in [5.74, 6) is 0.551. The Morgan fingerprint density at radius 1 is 1.30 bits per heavy atom. The smallest absolute Gasteiger partial charge is 0.213 e. The standard InChI is InChI=1S/C17H18FNO3S/c1-12-15(13-4-6-16(18)14(10-13)11-20)5-7-17(19-12)22-8-3-9-23(2)21/h4-7,10-11H,3,8-9H2,1-2H3. The van der Waals surface area contributed by atoms with Gasteiger partial charge in [0.15, 0.2) is 6.29 Å². The van der Waals surface area contributed by atoms with E-state index >= 15 is 0 Å². The van der Waals surface area contributed by atoms with Crippen LogP contribution in [0.1, 0.15) is 22.5 Å². The van der Waals surface area contributed by atoms with E-state index in [0.29, 0.717) is 30.9 Å². The van der Waals surface area contributed by atoms with Gasteiger partial charge in [-0.15, -0.1) is 0 Å². The van der Waals surface area contributed by atoms with Crippen LogP contribution in [0.3, 0.4) is 0 Å². The van der Waals surface area contributed by atoms with Gasteiger partial charge in [0.05, 0.1) is 12.2 Å². The second kappa shape index (κ2) is 7.97. The van der Waals surface area contributed by atoms with Crippen molar-refractivity contribution >= 4 is 17.1 Å². The van der Waals surface area contributed by atoms with Crippen LogP contribution in [0.15, 0.2) is 30.3 Å². The highest BCUT2D eigenvalue weighted by Gasteiger charge is 2.09. The van der Waals surface area contributed by atoms with Gasteiger partial charge in [-0.1, -0.05) is 6.07 Å². The van der Waals surface area contributed by atoms with Crippen molar-refractivity contribution in [3.8, 4) is 17.0 Å². The SMILES string of the molecule is Cc1nc(OCCCS(C)=O)ccc1-c1ccc(F)c(C=O)c1. The molecule has 122 valence electrons. The fourth-order valence-electron chi connectivity index (χ4n) is 2.16. The third kappa shape index (κ3) is 4.69. The van der Waals surface area contributed by atoms with Gasteiger partial charge in [0.25, 0.3) is 0 Å². The minimum Gasteiger partial charge on any atom is -0.478 e. The Hall–Kier alpha value is -2.08. The summed E-state index contributed by atoms with van der Waals surface area (Å²) in [5, 5.41) is 0. The Kier molecular flexibility index (Phi) is 5.98. The van der Waals surface area contributed by atoms with Gasteiger partial charge in [-0.25, -0.2) is 9.37 Å². The number of pyridine rings is 1. The normalized spacial score (nSPS) is 12.0. The number of hydrogen-bond donors (Lipinski definition) is 0. The van der Waals surface area contributed by atoms with E-state index in [4.69, 9.17) is 4.74 Å². The van der Waals surface area contributed by atoms with Gasteiger partial charge in [-0.3, -0.25) is 9.00 Å². The van der Waals surface area contributed by atoms with Crippen molar-refractivity contribution in [2.24, 2.45) is 0 Å². The number of hydrogen-bond acceptors (Lipinski definition) is 4. The number of nitrogens with zero attached hydrogens (tertiary/aromatic N) is 1. The molecular weight excluding hydrogens is 317 g/mol. The molecule has 0 aliphatic rings. The molecule has 1 heterocycles. The number of rotatable bonds is 7. The molecule has 0 radical (unpaired) electrons. The summed E-state index contributed by atoms with van der Waals surface area (Å²) in [6.45, 7) is 2.28. The molecule has 0 aliphatic heterocycles. The van der Waals surface area contributed by atoms with E-state index in [2.05, 4.69) is 4.98 Å². The molecule has 0 saturated heterocycles. The molecule has 0 saturated carbocycles. The minimum atomic E-state index is -0.821. The molecule has 6 heteroatoms. The Bertz CT molecular complexity index is 734. The first-order valence-electron chi connectivity index (χ1n) is 7.17. The second-order valence-corrected chi connectivity index (χ2v) is 6.67. The lowest BCUT2D eigenvalue weighted by atomic mass is 10.0. The van der Waals surface area contributed by atoms with Gasteiger partial charge in [0.2, 0.25) is 5.88 Å². The van der Waals surface area contributed by atoms with E-state index in [0.717, 1.165) is 16.8 Å². The number of carbonyl (C=O) groups excluding carboxylic acids is 1. The van der Waals surface area contributed by atoms with E-state index < -0.39 is 16.6 Å². The number of aldehydes is 1. The van der Waals surface area contributed by atoms with Crippen molar-refractivity contribution in [2.75, 3.05) is 18.6 Å². The number of carbonyl (C=O) groups is 1. The van der Waals surface area contributed by atoms with Crippen LogP contribution in [0.25, 0.3) is 11.1 Å². The number of ether oxygens (including phenoxy) is 1. The van der Waals surface area contributed by atoms with Gasteiger partial charge < -0.3 is 4.74 Å². The zero-order chi connectivity index (χ0) is 16.8. The third-order valence-electron chi connectivity index (χ3n) is 3.32. The summed E-state index contributed by atoms with van der Waals surface area (Å²) in [5.41, 5.74) is 2.29. The summed E-state index contributed by atoms with van der Waals surface area (Å²) in [7, 11) is -0.821. The number of aryl methyl sites for hydroxylation is 1. The van der Waals surface area contributed by atoms with Crippen molar-refractivity contribution in [1.82, 2.24) is 4.98 Å². The van der Waals surface area contributed by atoms with Gasteiger partial charge in [-0.05, 0) is 37.1 Å². The van der Waals surface area contributed by atoms with E-state index in [1.165, 1.54) is 12.1 Å². The maximum Gasteiger partial charge on any atom is 0.213 e. The first-order valence-corrected chi connectivity index (χ1v) is 8.89. The molecule has 0 spiro atoms. The van der Waals surface area contributed by atoms with Crippen LogP contribution in [-0.2, 0) is 10.8 Å². The lowest BCUT2D eigenvalue weighted by Gasteiger charge is -2.10. The fourth-order valence-corrected chi connectivity index (χ4v) is 2.69. The Balaban J connectivity index is 2.13. The lowest BCUT2D eigenvalue weighted by molar-refractivity contribution is 0.112. The van der Waals surface area contributed by atoms with Gasteiger partial charge in [0, 0.05) is 40.1 Å². The zero-order valence-electron chi connectivity index (χ0n) is 13.0. The highest BCUT2D eigenvalue weighted by molar-refractivity contribution is 7.84. The predicted octanol–water partition coefficient (Wildman–Crippen LogP) is 3.16. The van der Waals surface area contributed by atoms with Crippen molar-refractivity contribution < 1.29 is 18.1 Å². The molecule has 1 atom stereocenters. The molecule has 2 aromatic rings. The van der Waals surface area contributed by atoms with Crippen LogP contribution >= 0.6 is 0 Å². The first-order chi connectivity index (χ1) is 11.0. The average molecular weight is 335 g/mol. The summed E-state index contributed by atoms with van der Waals surface area (Å²) in [4.78, 5) is 15.2. The van der Waals surface area contributed by atoms with Crippen LogP contribution in [0.5, 0.6) is 5.88 Å². The van der Waals surface area contributed by atoms with E-state index in [9.17, 15) is 13.4 Å². The van der Waals surface area contributed by atoms with Gasteiger partial charge in [-0.2, -0.15) is 0 Å². The molecule has 0 fully saturated rings. The molecule has 0 aliphatic carbocycles. The van der Waals surface area contributed by atoms with E-state index in [1.54, 1.807) is 18.4 Å². The average Bonchev–Trinajstić information content (AvgIpc) is 2.52. The van der Waals surface area contributed by atoms with Crippen LogP contribution in [0.2, 0.25) is 0 Å². The molecule has 0 amide bonds. The van der Waals surface area contributed by atoms with Crippen LogP contribution in [-0.4, -0.2) is 34.1 Å². The number of aromatic nitrogens is 1. The van der Waals surface area contributed by atoms with Gasteiger partial charge in [0.1, 0.15) is 5.82 Å². The van der Waals surface area contributed by atoms with Crippen LogP contribution in [0, 0.1) is 12.7 Å². The van der Waals surface area contributed by atoms with Crippen molar-refractivity contribution in [2.45, 2.75) is 13.3 Å². The highest BCUT2D eigenvalue weighted by atomic mass is 32.2. The zero-order valence-corrected chi connectivity index (χ0v) is 13.9. The molecule has 1 aromatic carbocycles. The molecule has 2 rings (SSSR count). The Morgan fingerprint density at radius 2 is 2.09 bits per heavy atom. The van der Waals surface area contributed by atoms with E-state index in [1.807, 2.05) is 13.0 Å². The Labute approximate surface area is 137 Å². The summed E-state index contributed by atoms with van der Waals surface area (Å²) in [6.07, 6.45) is 2.86. The first kappa shape index (κ1) is 17.3. The van der Waals surface area contributed by atoms with Crippen LogP contribution < -0.4 is 4.74 Å². The summed E-state index contributed by atoms with van der Waals surface area (Å²) >= 11 is 0. The maximum absolute atomic E-state index is 13.4. The second-order valence-electron chi connectivity index (χ2n) is 5.12. The van der Waals surface area contributed by atoms with Crippen molar-refractivity contribution in [3.63, 3.8) is 0 Å². The molecule has 4 nitrogen and oxygen atoms in total. The third-order valence-corrected chi connectivity index (χ3v) is 4.18. The maximum atomic E-state index is 13.4. The summed E-state index contributed by atoms with van der Waals surface area (Å²) < 4.78 is 29.9. The Morgan fingerprint density at radius 3 is 2.74 bits per heavy atom. The molecule has 0 bridgehead atoms. The molecule has 23 heavy (non-hydrogen) atoms. The quantitative estimate of drug-likeness (QED) is 0.576. The molecule has 1 aromatic heterocycles. The highest BCUT2D eigenvalue weighted by Crippen LogP contribution is 2.25. The fraction of sp³-hybridized carbons (Fsp3) is 0.294. The van der Waals surface area contributed by atoms with Crippen molar-refractivity contribution in [1.29, 1.82) is 0 Å². The van der Waals surface area contributed by atoms with Gasteiger partial charge >= 0.3 is 0 Å². The number of halogens is 1. The lowest BCUT2D eigenvalue weighted by Crippen LogP contribution is -2.05. The molecular formula is C17H18FNO3S.